The van der Waals surface area contributed by atoms with Crippen LogP contribution < -0.4 is 4.74 Å². The highest BCUT2D eigenvalue weighted by atomic mass is 35.5. The van der Waals surface area contributed by atoms with Crippen LogP contribution in [-0.2, 0) is 27.4 Å². The Balaban J connectivity index is 1.68. The summed E-state index contributed by atoms with van der Waals surface area (Å²) < 4.78 is 39.2. The molecule has 7 nitrogen and oxygen atoms in total. The molecule has 0 fully saturated rings. The van der Waals surface area contributed by atoms with Gasteiger partial charge in [-0.1, -0.05) is 48.0 Å². The molecule has 3 aromatic rings. The summed E-state index contributed by atoms with van der Waals surface area (Å²) in [6.07, 6.45) is -0.951. The van der Waals surface area contributed by atoms with Gasteiger partial charge in [0.05, 0.1) is 0 Å². The molecule has 0 spiro atoms. The van der Waals surface area contributed by atoms with Gasteiger partial charge in [0.2, 0.25) is 0 Å². The van der Waals surface area contributed by atoms with Crippen LogP contribution in [0.15, 0.2) is 60.7 Å². The molecule has 0 bridgehead atoms. The van der Waals surface area contributed by atoms with Gasteiger partial charge in [-0.15, -0.1) is 5.06 Å². The fraction of sp³-hybridized carbons (Fsp3) is 0.200. The molecule has 1 unspecified atom stereocenters. The molecule has 182 valence electrons. The van der Waals surface area contributed by atoms with Gasteiger partial charge >= 0.3 is 12.1 Å². The number of ether oxygens (including phenoxy) is 2. The topological polar surface area (TPSA) is 85.3 Å². The van der Waals surface area contributed by atoms with E-state index in [4.69, 9.17) is 31.0 Å². The number of aliphatic carboxylic acids is 1. The van der Waals surface area contributed by atoms with Crippen molar-refractivity contribution in [2.24, 2.45) is 0 Å². The molecule has 0 aliphatic carbocycles. The van der Waals surface area contributed by atoms with Crippen LogP contribution in [0.4, 0.5) is 13.6 Å². The third kappa shape index (κ3) is 5.70. The van der Waals surface area contributed by atoms with Crippen molar-refractivity contribution in [2.75, 3.05) is 13.2 Å². The van der Waals surface area contributed by atoms with Gasteiger partial charge in [0, 0.05) is 17.1 Å². The first-order valence-corrected chi connectivity index (χ1v) is 11.0. The van der Waals surface area contributed by atoms with Crippen molar-refractivity contribution in [3.05, 3.63) is 99.6 Å². The summed E-state index contributed by atoms with van der Waals surface area (Å²) in [4.78, 5) is 29.0. The lowest BCUT2D eigenvalue weighted by Crippen LogP contribution is -2.38. The van der Waals surface area contributed by atoms with Crippen molar-refractivity contribution in [2.45, 2.75) is 19.1 Å². The molecule has 1 aliphatic heterocycles. The van der Waals surface area contributed by atoms with E-state index in [1.54, 1.807) is 24.3 Å². The van der Waals surface area contributed by atoms with Crippen LogP contribution in [0.3, 0.4) is 0 Å². The van der Waals surface area contributed by atoms with E-state index in [9.17, 15) is 18.4 Å². The first-order valence-electron chi connectivity index (χ1n) is 10.6. The molecular formula is C25H20ClF2NO6. The van der Waals surface area contributed by atoms with E-state index in [0.29, 0.717) is 11.1 Å². The molecule has 1 aliphatic rings. The van der Waals surface area contributed by atoms with E-state index in [0.717, 1.165) is 11.6 Å². The highest BCUT2D eigenvalue weighted by Gasteiger charge is 2.36. The Kier molecular flexibility index (Phi) is 7.48. The predicted molar refractivity (Wildman–Crippen MR) is 121 cm³/mol. The number of nitrogens with zero attached hydrogens (tertiary/aromatic N) is 1. The van der Waals surface area contributed by atoms with E-state index in [1.165, 1.54) is 29.3 Å². The maximum absolute atomic E-state index is 14.6. The van der Waals surface area contributed by atoms with E-state index in [2.05, 4.69) is 0 Å². The molecule has 3 aromatic carbocycles. The molecule has 0 radical (unpaired) electrons. The second-order valence-electron chi connectivity index (χ2n) is 7.70. The zero-order chi connectivity index (χ0) is 24.9. The lowest BCUT2D eigenvalue weighted by atomic mass is 9.88. The van der Waals surface area contributed by atoms with Crippen LogP contribution in [0, 0.1) is 11.6 Å². The molecule has 1 heterocycles. The molecule has 1 atom stereocenters. The summed E-state index contributed by atoms with van der Waals surface area (Å²) in [5.41, 5.74) is 1.48. The Bertz CT molecular complexity index is 1240. The third-order valence-electron chi connectivity index (χ3n) is 5.41. The number of hydrogen-bond donors (Lipinski definition) is 1. The van der Waals surface area contributed by atoms with Gasteiger partial charge < -0.3 is 19.4 Å². The molecule has 0 saturated carbocycles. The normalized spacial score (nSPS) is 15.2. The molecule has 1 N–H and O–H groups in total. The lowest BCUT2D eigenvalue weighted by Gasteiger charge is -2.36. The first-order chi connectivity index (χ1) is 16.8. The highest BCUT2D eigenvalue weighted by Crippen LogP contribution is 2.41. The molecule has 0 aromatic heterocycles. The fourth-order valence-electron chi connectivity index (χ4n) is 3.89. The summed E-state index contributed by atoms with van der Waals surface area (Å²) in [5.74, 6) is -3.09. The summed E-state index contributed by atoms with van der Waals surface area (Å²) in [6, 6.07) is 14.8. The lowest BCUT2D eigenvalue weighted by molar-refractivity contribution is -0.153. The molecule has 35 heavy (non-hydrogen) atoms. The smallest absolute Gasteiger partial charge is 0.482 e. The van der Waals surface area contributed by atoms with Gasteiger partial charge in [0.1, 0.15) is 18.4 Å². The number of carbonyl (C=O) groups is 2. The summed E-state index contributed by atoms with van der Waals surface area (Å²) in [7, 11) is 0. The number of hydroxylamine groups is 2. The maximum atomic E-state index is 14.6. The SMILES string of the molecule is O=C(O)COc1ccc(Cl)cc1C1c2ccc(F)c(F)c2CCN1OC(=O)OCc1ccccc1. The summed E-state index contributed by atoms with van der Waals surface area (Å²) >= 11 is 6.20. The zero-order valence-electron chi connectivity index (χ0n) is 18.2. The monoisotopic (exact) mass is 503 g/mol. The number of hydrogen-bond acceptors (Lipinski definition) is 6. The van der Waals surface area contributed by atoms with Gasteiger partial charge in [-0.25, -0.2) is 18.4 Å². The number of carbonyl (C=O) groups excluding carboxylic acids is 1. The predicted octanol–water partition coefficient (Wildman–Crippen LogP) is 5.30. The maximum Gasteiger partial charge on any atom is 0.528 e. The number of benzene rings is 3. The van der Waals surface area contributed by atoms with Gasteiger partial charge in [0.25, 0.3) is 0 Å². The molecule has 0 amide bonds. The van der Waals surface area contributed by atoms with Crippen molar-refractivity contribution in [3.8, 4) is 5.75 Å². The number of fused-ring (bicyclic) bond motifs is 1. The Morgan fingerprint density at radius 2 is 1.83 bits per heavy atom. The van der Waals surface area contributed by atoms with E-state index in [-0.39, 0.29) is 35.9 Å². The van der Waals surface area contributed by atoms with Crippen LogP contribution in [0.25, 0.3) is 0 Å². The van der Waals surface area contributed by atoms with Crippen molar-refractivity contribution in [3.63, 3.8) is 0 Å². The average molecular weight is 504 g/mol. The third-order valence-corrected chi connectivity index (χ3v) is 5.64. The number of carboxylic acids is 1. The number of carboxylic acid groups (broad SMARTS) is 1. The number of rotatable bonds is 7. The standard InChI is InChI=1S/C25H20ClF2NO6/c26-16-6-9-21(33-14-22(30)31)19(12-16)24-18-7-8-20(27)23(28)17(18)10-11-29(24)35-25(32)34-13-15-4-2-1-3-5-15/h1-9,12,24H,10-11,13-14H2,(H,30,31). The minimum atomic E-state index is -1.21. The van der Waals surface area contributed by atoms with Crippen molar-refractivity contribution in [1.29, 1.82) is 0 Å². The zero-order valence-corrected chi connectivity index (χ0v) is 19.0. The minimum Gasteiger partial charge on any atom is -0.482 e. The van der Waals surface area contributed by atoms with Crippen molar-refractivity contribution < 1.29 is 37.8 Å². The van der Waals surface area contributed by atoms with Gasteiger partial charge in [0.15, 0.2) is 18.2 Å². The first kappa shape index (κ1) is 24.4. The molecule has 0 saturated heterocycles. The van der Waals surface area contributed by atoms with Crippen LogP contribution >= 0.6 is 11.6 Å². The van der Waals surface area contributed by atoms with Crippen molar-refractivity contribution >= 4 is 23.7 Å². The van der Waals surface area contributed by atoms with E-state index in [1.807, 2.05) is 6.07 Å². The fourth-order valence-corrected chi connectivity index (χ4v) is 4.07. The van der Waals surface area contributed by atoms with Crippen LogP contribution in [-0.4, -0.2) is 35.4 Å². The summed E-state index contributed by atoms with van der Waals surface area (Å²) in [6.45, 7) is -0.673. The quantitative estimate of drug-likeness (QED) is 0.438. The Morgan fingerprint density at radius 3 is 2.57 bits per heavy atom. The van der Waals surface area contributed by atoms with E-state index < -0.39 is 36.4 Å². The van der Waals surface area contributed by atoms with Crippen molar-refractivity contribution in [1.82, 2.24) is 5.06 Å². The van der Waals surface area contributed by atoms with Crippen LogP contribution in [0.2, 0.25) is 5.02 Å². The van der Waals surface area contributed by atoms with Crippen LogP contribution in [0.1, 0.15) is 28.3 Å². The largest absolute Gasteiger partial charge is 0.528 e. The molecular weight excluding hydrogens is 484 g/mol. The summed E-state index contributed by atoms with van der Waals surface area (Å²) in [5, 5.41) is 10.6. The van der Waals surface area contributed by atoms with Crippen LogP contribution in [0.5, 0.6) is 5.75 Å². The number of halogens is 3. The molecule has 10 heteroatoms. The minimum absolute atomic E-state index is 0.00333. The van der Waals surface area contributed by atoms with E-state index >= 15 is 0 Å². The Morgan fingerprint density at radius 1 is 1.06 bits per heavy atom. The Labute approximate surface area is 204 Å². The van der Waals surface area contributed by atoms with Gasteiger partial charge in [-0.3, -0.25) is 0 Å². The second kappa shape index (κ2) is 10.7. The molecule has 4 rings (SSSR count). The van der Waals surface area contributed by atoms with Gasteiger partial charge in [-0.2, -0.15) is 0 Å². The van der Waals surface area contributed by atoms with Gasteiger partial charge in [-0.05, 0) is 47.4 Å². The Hall–Kier alpha value is -3.69. The second-order valence-corrected chi connectivity index (χ2v) is 8.14. The highest BCUT2D eigenvalue weighted by molar-refractivity contribution is 6.30. The average Bonchev–Trinajstić information content (AvgIpc) is 2.84.